The Kier molecular flexibility index (Phi) is 7.28. The summed E-state index contributed by atoms with van der Waals surface area (Å²) in [6, 6.07) is 15.4. The first-order chi connectivity index (χ1) is 17.8. The van der Waals surface area contributed by atoms with Crippen molar-refractivity contribution in [1.29, 1.82) is 0 Å². The smallest absolute Gasteiger partial charge is 0.339 e. The molecule has 2 aromatic rings. The molecule has 0 saturated heterocycles. The molecule has 192 valence electrons. The number of para-hydroxylation sites is 1. The van der Waals surface area contributed by atoms with Gasteiger partial charge in [-0.3, -0.25) is 4.79 Å². The Morgan fingerprint density at radius 3 is 2.24 bits per heavy atom. The fourth-order valence-electron chi connectivity index (χ4n) is 4.48. The second-order valence-corrected chi connectivity index (χ2v) is 8.16. The molecule has 0 amide bonds. The number of hydrogen-bond donors (Lipinski definition) is 2. The highest BCUT2D eigenvalue weighted by molar-refractivity contribution is 6.16. The van der Waals surface area contributed by atoms with Gasteiger partial charge in [-0.1, -0.05) is 48.5 Å². The van der Waals surface area contributed by atoms with Gasteiger partial charge in [0.15, 0.2) is 5.41 Å². The Morgan fingerprint density at radius 1 is 0.892 bits per heavy atom. The zero-order valence-corrected chi connectivity index (χ0v) is 20.4. The third-order valence-corrected chi connectivity index (χ3v) is 5.93. The molecule has 3 N–H and O–H groups in total. The Morgan fingerprint density at radius 2 is 1.54 bits per heavy atom. The molecule has 37 heavy (non-hydrogen) atoms. The van der Waals surface area contributed by atoms with Gasteiger partial charge in [0.25, 0.3) is 0 Å². The topological polar surface area (TPSA) is 143 Å². The minimum atomic E-state index is -2.13. The lowest BCUT2D eigenvalue weighted by molar-refractivity contribution is -0.149. The fourth-order valence-corrected chi connectivity index (χ4v) is 4.48. The van der Waals surface area contributed by atoms with Crippen LogP contribution in [-0.4, -0.2) is 37.1 Å². The van der Waals surface area contributed by atoms with E-state index in [1.54, 1.807) is 62.4 Å². The Balaban J connectivity index is 1.90. The minimum absolute atomic E-state index is 0.0355. The first kappa shape index (κ1) is 25.5. The van der Waals surface area contributed by atoms with E-state index in [2.05, 4.69) is 5.32 Å². The van der Waals surface area contributed by atoms with Crippen molar-refractivity contribution in [3.05, 3.63) is 88.5 Å². The summed E-state index contributed by atoms with van der Waals surface area (Å²) in [7, 11) is 0. The number of ether oxygens (including phenoxy) is 4. The zero-order chi connectivity index (χ0) is 26.6. The van der Waals surface area contributed by atoms with E-state index in [1.165, 1.54) is 0 Å². The molecule has 0 radical (unpaired) electrons. The Labute approximate surface area is 213 Å². The van der Waals surface area contributed by atoms with Crippen LogP contribution in [0.25, 0.3) is 0 Å². The second kappa shape index (κ2) is 10.6. The minimum Gasteiger partial charge on any atom is -0.466 e. The number of nitrogens with two attached hydrogens (primary N) is 1. The van der Waals surface area contributed by atoms with Gasteiger partial charge in [-0.25, -0.2) is 14.4 Å². The van der Waals surface area contributed by atoms with E-state index >= 15 is 0 Å². The van der Waals surface area contributed by atoms with Crippen molar-refractivity contribution in [1.82, 2.24) is 0 Å². The highest BCUT2D eigenvalue weighted by Crippen LogP contribution is 2.53. The Bertz CT molecular complexity index is 1310. The van der Waals surface area contributed by atoms with Crippen molar-refractivity contribution in [2.75, 3.05) is 18.5 Å². The van der Waals surface area contributed by atoms with E-state index in [0.717, 1.165) is 0 Å². The highest BCUT2D eigenvalue weighted by atomic mass is 16.6. The van der Waals surface area contributed by atoms with Gasteiger partial charge in [-0.2, -0.15) is 0 Å². The van der Waals surface area contributed by atoms with E-state index in [0.29, 0.717) is 11.3 Å². The Hall–Kier alpha value is -4.60. The summed E-state index contributed by atoms with van der Waals surface area (Å²) in [6.07, 6.45) is -0.530. The van der Waals surface area contributed by atoms with E-state index < -0.39 is 35.7 Å². The van der Waals surface area contributed by atoms with Crippen molar-refractivity contribution in [3.8, 4) is 0 Å². The van der Waals surface area contributed by atoms with Crippen LogP contribution in [0.15, 0.2) is 77.3 Å². The van der Waals surface area contributed by atoms with E-state index in [4.69, 9.17) is 24.7 Å². The number of cyclic esters (lactones) is 1. The van der Waals surface area contributed by atoms with Crippen LogP contribution in [0, 0.1) is 0 Å². The summed E-state index contributed by atoms with van der Waals surface area (Å²) in [6.45, 7) is 3.14. The molecule has 1 unspecified atom stereocenters. The lowest BCUT2D eigenvalue weighted by atomic mass is 9.66. The summed E-state index contributed by atoms with van der Waals surface area (Å²) < 4.78 is 21.3. The molecule has 2 aliphatic rings. The van der Waals surface area contributed by atoms with Crippen LogP contribution in [-0.2, 0) is 50.1 Å². The number of carbonyl (C=O) groups excluding carboxylic acids is 4. The van der Waals surface area contributed by atoms with Crippen LogP contribution in [0.4, 0.5) is 5.69 Å². The number of hydrogen-bond acceptors (Lipinski definition) is 10. The maximum Gasteiger partial charge on any atom is 0.339 e. The van der Waals surface area contributed by atoms with Gasteiger partial charge in [-0.05, 0) is 25.5 Å². The van der Waals surface area contributed by atoms with Crippen molar-refractivity contribution < 1.29 is 38.1 Å². The first-order valence-electron chi connectivity index (χ1n) is 11.7. The molecule has 10 heteroatoms. The molecule has 2 heterocycles. The van der Waals surface area contributed by atoms with E-state index in [1.807, 2.05) is 6.07 Å². The van der Waals surface area contributed by atoms with Crippen molar-refractivity contribution in [2.24, 2.45) is 5.73 Å². The first-order valence-corrected chi connectivity index (χ1v) is 11.7. The highest BCUT2D eigenvalue weighted by Gasteiger charge is 2.63. The van der Waals surface area contributed by atoms with Gasteiger partial charge < -0.3 is 30.0 Å². The largest absolute Gasteiger partial charge is 0.466 e. The van der Waals surface area contributed by atoms with Crippen LogP contribution in [0.2, 0.25) is 0 Å². The van der Waals surface area contributed by atoms with Gasteiger partial charge in [0.2, 0.25) is 0 Å². The quantitative estimate of drug-likeness (QED) is 0.405. The molecule has 2 aromatic carbocycles. The van der Waals surface area contributed by atoms with Gasteiger partial charge >= 0.3 is 23.9 Å². The third kappa shape index (κ3) is 4.53. The van der Waals surface area contributed by atoms with Crippen LogP contribution >= 0.6 is 0 Å². The number of esters is 4. The molecule has 1 atom stereocenters. The summed E-state index contributed by atoms with van der Waals surface area (Å²) >= 11 is 0. The molecular weight excluding hydrogens is 480 g/mol. The monoisotopic (exact) mass is 506 g/mol. The number of benzene rings is 2. The fraction of sp³-hybridized carbons (Fsp3) is 0.259. The maximum atomic E-state index is 13.8. The predicted molar refractivity (Wildman–Crippen MR) is 130 cm³/mol. The molecule has 4 rings (SSSR count). The number of fused-ring (bicyclic) bond motifs is 2. The maximum absolute atomic E-state index is 13.8. The van der Waals surface area contributed by atoms with Gasteiger partial charge in [0.05, 0.1) is 13.2 Å². The van der Waals surface area contributed by atoms with E-state index in [-0.39, 0.29) is 48.1 Å². The standard InChI is InChI=1S/C27H26N2O8/c1-3-34-20(30)14-19-21(24(31)35-4-2)27(26(33)37-19)17-12-8-9-13-18(17)29-23(28)22(27)25(32)36-15-16-10-6-5-7-11-16/h5-13,29H,3-4,14-15,28H2,1-2H3. The molecule has 0 bridgehead atoms. The molecule has 1 spiro atoms. The molecule has 0 aliphatic carbocycles. The van der Waals surface area contributed by atoms with Crippen LogP contribution in [0.3, 0.4) is 0 Å². The number of anilines is 1. The average molecular weight is 507 g/mol. The molecule has 0 fully saturated rings. The lowest BCUT2D eigenvalue weighted by Crippen LogP contribution is -2.47. The third-order valence-electron chi connectivity index (χ3n) is 5.93. The van der Waals surface area contributed by atoms with Crippen molar-refractivity contribution >= 4 is 29.6 Å². The molecule has 0 aromatic heterocycles. The average Bonchev–Trinajstić information content (AvgIpc) is 3.15. The van der Waals surface area contributed by atoms with Gasteiger partial charge in [0, 0.05) is 11.3 Å². The molecule has 0 saturated carbocycles. The summed E-state index contributed by atoms with van der Waals surface area (Å²) in [5.41, 5.74) is 4.81. The van der Waals surface area contributed by atoms with Crippen LogP contribution < -0.4 is 11.1 Å². The number of rotatable bonds is 8. The SMILES string of the molecule is CCOC(=O)CC1=C(C(=O)OCC)C2(C(=O)O1)C(C(=O)OCc1ccccc1)=C(N)Nc1ccccc12. The summed E-state index contributed by atoms with van der Waals surface area (Å²) in [4.78, 5) is 53.1. The predicted octanol–water partition coefficient (Wildman–Crippen LogP) is 2.59. The van der Waals surface area contributed by atoms with Gasteiger partial charge in [0.1, 0.15) is 35.8 Å². The van der Waals surface area contributed by atoms with Gasteiger partial charge in [-0.15, -0.1) is 0 Å². The van der Waals surface area contributed by atoms with Crippen LogP contribution in [0.1, 0.15) is 31.4 Å². The summed E-state index contributed by atoms with van der Waals surface area (Å²) in [5.74, 6) is -4.08. The van der Waals surface area contributed by atoms with Crippen molar-refractivity contribution in [2.45, 2.75) is 32.3 Å². The molecule has 2 aliphatic heterocycles. The molecule has 10 nitrogen and oxygen atoms in total. The second-order valence-electron chi connectivity index (χ2n) is 8.16. The zero-order valence-electron chi connectivity index (χ0n) is 20.4. The molecular formula is C27H26N2O8. The van der Waals surface area contributed by atoms with Crippen LogP contribution in [0.5, 0.6) is 0 Å². The number of carbonyl (C=O) groups is 4. The summed E-state index contributed by atoms with van der Waals surface area (Å²) in [5, 5.41) is 2.91. The number of nitrogens with one attached hydrogen (secondary N) is 1. The van der Waals surface area contributed by atoms with Crippen molar-refractivity contribution in [3.63, 3.8) is 0 Å². The van der Waals surface area contributed by atoms with E-state index in [9.17, 15) is 19.2 Å². The lowest BCUT2D eigenvalue weighted by Gasteiger charge is -2.35. The normalized spacial score (nSPS) is 18.2.